The molecule has 2 rings (SSSR count). The highest BCUT2D eigenvalue weighted by Crippen LogP contribution is 2.42. The van der Waals surface area contributed by atoms with Gasteiger partial charge in [0.25, 0.3) is 0 Å². The number of rotatable bonds is 2. The summed E-state index contributed by atoms with van der Waals surface area (Å²) in [5.41, 5.74) is 3.57. The Kier molecular flexibility index (Phi) is 2.51. The molecule has 0 unspecified atom stereocenters. The largest absolute Gasteiger partial charge is 0.496 e. The SMILES string of the molecule is COc1cc2c(cc1C)[C@@H](C=O)C[C@@H]2C. The molecular formula is C13H16O2. The minimum Gasteiger partial charge on any atom is -0.496 e. The van der Waals surface area contributed by atoms with Gasteiger partial charge in [-0.1, -0.05) is 13.0 Å². The molecule has 1 aromatic rings. The van der Waals surface area contributed by atoms with Crippen molar-refractivity contribution < 1.29 is 9.53 Å². The third kappa shape index (κ3) is 1.54. The molecule has 1 aliphatic rings. The van der Waals surface area contributed by atoms with E-state index in [1.165, 1.54) is 11.1 Å². The van der Waals surface area contributed by atoms with E-state index in [-0.39, 0.29) is 5.92 Å². The van der Waals surface area contributed by atoms with Crippen LogP contribution in [0.5, 0.6) is 5.75 Å². The fraction of sp³-hybridized carbons (Fsp3) is 0.462. The molecule has 80 valence electrons. The normalized spacial score (nSPS) is 23.7. The smallest absolute Gasteiger partial charge is 0.127 e. The highest BCUT2D eigenvalue weighted by Gasteiger charge is 2.28. The summed E-state index contributed by atoms with van der Waals surface area (Å²) in [5.74, 6) is 1.47. The van der Waals surface area contributed by atoms with Gasteiger partial charge in [-0.2, -0.15) is 0 Å². The van der Waals surface area contributed by atoms with Crippen LogP contribution in [0.3, 0.4) is 0 Å². The summed E-state index contributed by atoms with van der Waals surface area (Å²) in [5, 5.41) is 0. The van der Waals surface area contributed by atoms with Crippen LogP contribution in [0.2, 0.25) is 0 Å². The molecule has 0 amide bonds. The molecule has 2 nitrogen and oxygen atoms in total. The first-order valence-electron chi connectivity index (χ1n) is 5.31. The zero-order valence-electron chi connectivity index (χ0n) is 9.41. The Balaban J connectivity index is 2.54. The fourth-order valence-electron chi connectivity index (χ4n) is 2.46. The molecule has 0 radical (unpaired) electrons. The molecule has 0 aliphatic heterocycles. The van der Waals surface area contributed by atoms with Crippen molar-refractivity contribution in [3.63, 3.8) is 0 Å². The van der Waals surface area contributed by atoms with E-state index in [9.17, 15) is 4.79 Å². The van der Waals surface area contributed by atoms with Gasteiger partial charge in [-0.3, -0.25) is 0 Å². The second-order valence-electron chi connectivity index (χ2n) is 4.33. The van der Waals surface area contributed by atoms with Crippen LogP contribution in [0.1, 0.15) is 41.9 Å². The number of ether oxygens (including phenoxy) is 1. The molecule has 0 saturated heterocycles. The number of aldehydes is 1. The highest BCUT2D eigenvalue weighted by atomic mass is 16.5. The number of hydrogen-bond acceptors (Lipinski definition) is 2. The number of hydrogen-bond donors (Lipinski definition) is 0. The van der Waals surface area contributed by atoms with Crippen molar-refractivity contribution in [2.24, 2.45) is 0 Å². The van der Waals surface area contributed by atoms with E-state index in [1.54, 1.807) is 7.11 Å². The first kappa shape index (κ1) is 10.2. The van der Waals surface area contributed by atoms with Gasteiger partial charge < -0.3 is 9.53 Å². The van der Waals surface area contributed by atoms with Crippen molar-refractivity contribution in [2.45, 2.75) is 32.1 Å². The molecule has 0 spiro atoms. The standard InChI is InChI=1S/C13H16O2/c1-8-4-10(7-14)12-5-9(2)13(15-3)6-11(8)12/h5-8,10H,4H2,1-3H3/t8-,10+/m0/s1. The van der Waals surface area contributed by atoms with E-state index in [4.69, 9.17) is 4.74 Å². The van der Waals surface area contributed by atoms with Gasteiger partial charge in [0.2, 0.25) is 0 Å². The summed E-state index contributed by atoms with van der Waals surface area (Å²) >= 11 is 0. The number of aryl methyl sites for hydroxylation is 1. The summed E-state index contributed by atoms with van der Waals surface area (Å²) in [6.07, 6.45) is 2.00. The Hall–Kier alpha value is -1.31. The zero-order valence-corrected chi connectivity index (χ0v) is 9.41. The second kappa shape index (κ2) is 3.69. The molecule has 0 saturated carbocycles. The van der Waals surface area contributed by atoms with Crippen LogP contribution in [-0.4, -0.2) is 13.4 Å². The Labute approximate surface area is 90.3 Å². The molecule has 15 heavy (non-hydrogen) atoms. The van der Waals surface area contributed by atoms with E-state index >= 15 is 0 Å². The van der Waals surface area contributed by atoms with E-state index in [2.05, 4.69) is 19.1 Å². The fourth-order valence-corrected chi connectivity index (χ4v) is 2.46. The van der Waals surface area contributed by atoms with Gasteiger partial charge in [-0.25, -0.2) is 0 Å². The molecule has 2 atom stereocenters. The Bertz CT molecular complexity index is 396. The first-order chi connectivity index (χ1) is 7.17. The van der Waals surface area contributed by atoms with E-state index < -0.39 is 0 Å². The molecule has 0 aromatic heterocycles. The Morgan fingerprint density at radius 2 is 2.13 bits per heavy atom. The topological polar surface area (TPSA) is 26.3 Å². The van der Waals surface area contributed by atoms with Crippen molar-refractivity contribution in [1.82, 2.24) is 0 Å². The van der Waals surface area contributed by atoms with E-state index in [0.717, 1.165) is 24.0 Å². The van der Waals surface area contributed by atoms with Crippen LogP contribution in [0.25, 0.3) is 0 Å². The molecule has 0 N–H and O–H groups in total. The predicted molar refractivity (Wildman–Crippen MR) is 59.6 cm³/mol. The van der Waals surface area contributed by atoms with Crippen LogP contribution < -0.4 is 4.74 Å². The van der Waals surface area contributed by atoms with Crippen molar-refractivity contribution in [1.29, 1.82) is 0 Å². The summed E-state index contributed by atoms with van der Waals surface area (Å²) in [6.45, 7) is 4.18. The van der Waals surface area contributed by atoms with Gasteiger partial charge >= 0.3 is 0 Å². The lowest BCUT2D eigenvalue weighted by atomic mass is 9.99. The van der Waals surface area contributed by atoms with Crippen molar-refractivity contribution in [3.05, 3.63) is 28.8 Å². The van der Waals surface area contributed by atoms with Crippen LogP contribution in [0.4, 0.5) is 0 Å². The monoisotopic (exact) mass is 204 g/mol. The molecule has 0 bridgehead atoms. The molecular weight excluding hydrogens is 188 g/mol. The second-order valence-corrected chi connectivity index (χ2v) is 4.33. The lowest BCUT2D eigenvalue weighted by Crippen LogP contribution is -1.96. The van der Waals surface area contributed by atoms with Gasteiger partial charge in [0.15, 0.2) is 0 Å². The average molecular weight is 204 g/mol. The molecule has 0 heterocycles. The Morgan fingerprint density at radius 3 is 2.73 bits per heavy atom. The summed E-state index contributed by atoms with van der Waals surface area (Å²) in [7, 11) is 1.69. The van der Waals surface area contributed by atoms with Gasteiger partial charge in [0.05, 0.1) is 7.11 Å². The third-order valence-electron chi connectivity index (χ3n) is 3.30. The van der Waals surface area contributed by atoms with Crippen LogP contribution in [0, 0.1) is 6.92 Å². The summed E-state index contributed by atoms with van der Waals surface area (Å²) in [4.78, 5) is 10.9. The maximum atomic E-state index is 10.9. The molecule has 0 fully saturated rings. The van der Waals surface area contributed by atoms with Gasteiger partial charge in [0.1, 0.15) is 12.0 Å². The highest BCUT2D eigenvalue weighted by molar-refractivity contribution is 5.67. The lowest BCUT2D eigenvalue weighted by molar-refractivity contribution is -0.109. The van der Waals surface area contributed by atoms with E-state index in [1.807, 2.05) is 6.92 Å². The number of fused-ring (bicyclic) bond motifs is 1. The summed E-state index contributed by atoms with van der Waals surface area (Å²) in [6, 6.07) is 4.18. The maximum Gasteiger partial charge on any atom is 0.127 e. The van der Waals surface area contributed by atoms with Crippen molar-refractivity contribution in [3.8, 4) is 5.75 Å². The van der Waals surface area contributed by atoms with Crippen molar-refractivity contribution in [2.75, 3.05) is 7.11 Å². The Morgan fingerprint density at radius 1 is 1.40 bits per heavy atom. The molecule has 1 aliphatic carbocycles. The minimum absolute atomic E-state index is 0.0830. The average Bonchev–Trinajstić information content (AvgIpc) is 2.54. The zero-order chi connectivity index (χ0) is 11.0. The summed E-state index contributed by atoms with van der Waals surface area (Å²) < 4.78 is 5.30. The number of carbonyl (C=O) groups is 1. The quantitative estimate of drug-likeness (QED) is 0.692. The van der Waals surface area contributed by atoms with Gasteiger partial charge in [0, 0.05) is 5.92 Å². The van der Waals surface area contributed by atoms with Gasteiger partial charge in [-0.05, 0) is 42.0 Å². The van der Waals surface area contributed by atoms with Crippen LogP contribution >= 0.6 is 0 Å². The van der Waals surface area contributed by atoms with Gasteiger partial charge in [-0.15, -0.1) is 0 Å². The number of benzene rings is 1. The first-order valence-corrected chi connectivity index (χ1v) is 5.31. The predicted octanol–water partition coefficient (Wildman–Crippen LogP) is 2.79. The maximum absolute atomic E-state index is 10.9. The van der Waals surface area contributed by atoms with Crippen LogP contribution in [-0.2, 0) is 4.79 Å². The molecule has 1 aromatic carbocycles. The number of methoxy groups -OCH3 is 1. The number of carbonyl (C=O) groups excluding carboxylic acids is 1. The minimum atomic E-state index is 0.0830. The third-order valence-corrected chi connectivity index (χ3v) is 3.30. The lowest BCUT2D eigenvalue weighted by Gasteiger charge is -2.10. The van der Waals surface area contributed by atoms with Crippen molar-refractivity contribution >= 4 is 6.29 Å². The molecule has 2 heteroatoms. The van der Waals surface area contributed by atoms with E-state index in [0.29, 0.717) is 5.92 Å². The van der Waals surface area contributed by atoms with Crippen LogP contribution in [0.15, 0.2) is 12.1 Å².